The quantitative estimate of drug-likeness (QED) is 0.774. The van der Waals surface area contributed by atoms with Crippen LogP contribution in [0.5, 0.6) is 0 Å². The van der Waals surface area contributed by atoms with E-state index < -0.39 is 6.30 Å². The fourth-order valence-corrected chi connectivity index (χ4v) is 2.51. The largest absolute Gasteiger partial charge is 0.504 e. The third-order valence-electron chi connectivity index (χ3n) is 3.68. The van der Waals surface area contributed by atoms with Crippen molar-refractivity contribution >= 4 is 17.5 Å². The van der Waals surface area contributed by atoms with Crippen LogP contribution >= 0.6 is 11.6 Å². The molecule has 22 heavy (non-hydrogen) atoms. The summed E-state index contributed by atoms with van der Waals surface area (Å²) in [6, 6.07) is 0. The molecule has 2 heterocycles. The van der Waals surface area contributed by atoms with Crippen molar-refractivity contribution in [1.29, 1.82) is 0 Å². The van der Waals surface area contributed by atoms with Gasteiger partial charge in [0.25, 0.3) is 0 Å². The number of rotatable bonds is 5. The molecule has 124 valence electrons. The van der Waals surface area contributed by atoms with Crippen molar-refractivity contribution in [1.82, 2.24) is 14.7 Å². The summed E-state index contributed by atoms with van der Waals surface area (Å²) in [6.45, 7) is 2.97. The number of carbonyl (C=O) groups is 1. The molecule has 1 aliphatic rings. The van der Waals surface area contributed by atoms with Gasteiger partial charge in [-0.05, 0) is 12.3 Å². The van der Waals surface area contributed by atoms with Crippen LogP contribution in [0.4, 0.5) is 13.2 Å². The lowest BCUT2D eigenvalue weighted by molar-refractivity contribution is -0.212. The summed E-state index contributed by atoms with van der Waals surface area (Å²) < 4.78 is 43.0. The molecule has 0 radical (unpaired) electrons. The summed E-state index contributed by atoms with van der Waals surface area (Å²) in [6.07, 6.45) is -1.82. The van der Waals surface area contributed by atoms with E-state index in [1.807, 2.05) is 6.92 Å². The number of hydrogen-bond donors (Lipinski definition) is 0. The van der Waals surface area contributed by atoms with Gasteiger partial charge in [0.1, 0.15) is 5.88 Å². The lowest BCUT2D eigenvalue weighted by Crippen LogP contribution is -2.39. The summed E-state index contributed by atoms with van der Waals surface area (Å²) in [5, 5.41) is 3.26. The highest BCUT2D eigenvalue weighted by atomic mass is 35.5. The van der Waals surface area contributed by atoms with E-state index in [-0.39, 0.29) is 29.1 Å². The lowest BCUT2D eigenvalue weighted by Gasteiger charge is -2.26. The van der Waals surface area contributed by atoms with Crippen molar-refractivity contribution in [3.05, 3.63) is 18.0 Å². The Morgan fingerprint density at radius 3 is 2.82 bits per heavy atom. The first-order valence-corrected chi connectivity index (χ1v) is 7.40. The van der Waals surface area contributed by atoms with Crippen LogP contribution in [0.1, 0.15) is 18.9 Å². The van der Waals surface area contributed by atoms with E-state index in [9.17, 15) is 18.0 Å². The Hall–Kier alpha value is -1.28. The van der Waals surface area contributed by atoms with Crippen molar-refractivity contribution in [2.45, 2.75) is 32.3 Å². The van der Waals surface area contributed by atoms with Gasteiger partial charge in [0.15, 0.2) is 0 Å². The topological polar surface area (TPSA) is 47.4 Å². The predicted octanol–water partition coefficient (Wildman–Crippen LogP) is 2.35. The minimum absolute atomic E-state index is 0.0220. The van der Waals surface area contributed by atoms with Gasteiger partial charge < -0.3 is 9.64 Å². The number of halogens is 4. The van der Waals surface area contributed by atoms with Crippen molar-refractivity contribution < 1.29 is 22.7 Å². The number of aromatic nitrogens is 2. The molecule has 0 saturated carbocycles. The van der Waals surface area contributed by atoms with Crippen LogP contribution < -0.4 is 0 Å². The van der Waals surface area contributed by atoms with Gasteiger partial charge in [-0.2, -0.15) is 9.78 Å². The minimum atomic E-state index is -4.57. The molecule has 1 fully saturated rings. The Morgan fingerprint density at radius 1 is 1.59 bits per heavy atom. The first-order valence-electron chi connectivity index (χ1n) is 6.87. The molecule has 1 saturated heterocycles. The van der Waals surface area contributed by atoms with E-state index in [1.54, 1.807) is 0 Å². The van der Waals surface area contributed by atoms with Gasteiger partial charge in [0.05, 0.1) is 12.3 Å². The summed E-state index contributed by atoms with van der Waals surface area (Å²) >= 11 is 5.58. The van der Waals surface area contributed by atoms with Crippen LogP contribution in [-0.2, 0) is 22.4 Å². The van der Waals surface area contributed by atoms with Gasteiger partial charge in [0, 0.05) is 31.5 Å². The van der Waals surface area contributed by atoms with Crippen molar-refractivity contribution in [2.24, 2.45) is 5.92 Å². The molecule has 9 heteroatoms. The predicted molar refractivity (Wildman–Crippen MR) is 73.2 cm³/mol. The normalized spacial score (nSPS) is 22.0. The Labute approximate surface area is 131 Å². The van der Waals surface area contributed by atoms with Gasteiger partial charge in [-0.3, -0.25) is 4.79 Å². The fourth-order valence-electron chi connectivity index (χ4n) is 2.35. The molecule has 0 N–H and O–H groups in total. The molecule has 0 spiro atoms. The van der Waals surface area contributed by atoms with E-state index >= 15 is 0 Å². The molecule has 5 nitrogen and oxygen atoms in total. The van der Waals surface area contributed by atoms with Gasteiger partial charge in [-0.25, -0.2) is 0 Å². The Bertz CT molecular complexity index is 521. The second-order valence-corrected chi connectivity index (χ2v) is 5.61. The molecule has 0 aliphatic carbocycles. The maximum absolute atomic E-state index is 12.5. The Morgan fingerprint density at radius 2 is 2.32 bits per heavy atom. The Kier molecular flexibility index (Phi) is 5.33. The van der Waals surface area contributed by atoms with E-state index in [0.717, 1.165) is 18.8 Å². The van der Waals surface area contributed by atoms with E-state index in [1.165, 1.54) is 4.90 Å². The zero-order chi connectivity index (χ0) is 16.3. The minimum Gasteiger partial charge on any atom is -0.376 e. The van der Waals surface area contributed by atoms with Crippen LogP contribution in [0.2, 0.25) is 0 Å². The van der Waals surface area contributed by atoms with Gasteiger partial charge in [-0.1, -0.05) is 6.92 Å². The molecule has 0 aromatic carbocycles. The van der Waals surface area contributed by atoms with E-state index in [4.69, 9.17) is 16.3 Å². The molecule has 1 aromatic heterocycles. The number of ether oxygens (including phenoxy) is 1. The van der Waals surface area contributed by atoms with Crippen molar-refractivity contribution in [3.63, 3.8) is 0 Å². The highest BCUT2D eigenvalue weighted by Gasteiger charge is 2.32. The van der Waals surface area contributed by atoms with Crippen LogP contribution in [0.15, 0.2) is 12.4 Å². The Balaban J connectivity index is 2.06. The monoisotopic (exact) mass is 339 g/mol. The number of amides is 1. The third-order valence-corrected chi connectivity index (χ3v) is 3.91. The van der Waals surface area contributed by atoms with Crippen molar-refractivity contribution in [2.75, 3.05) is 19.0 Å². The van der Waals surface area contributed by atoms with E-state index in [2.05, 4.69) is 5.10 Å². The third kappa shape index (κ3) is 4.13. The SMILES string of the molecule is C[C@@H]1CCO[C@@H]1CN(Cc1cnn(C(F)(F)F)c1)C(=O)CCl. The maximum Gasteiger partial charge on any atom is 0.504 e. The number of nitrogens with zero attached hydrogens (tertiary/aromatic N) is 3. The number of carbonyl (C=O) groups excluding carboxylic acids is 1. The molecule has 0 bridgehead atoms. The molecule has 0 unspecified atom stereocenters. The van der Waals surface area contributed by atoms with Gasteiger partial charge >= 0.3 is 6.30 Å². The molecule has 1 aliphatic heterocycles. The van der Waals surface area contributed by atoms with Crippen LogP contribution in [0.25, 0.3) is 0 Å². The van der Waals surface area contributed by atoms with Crippen LogP contribution in [0, 0.1) is 5.92 Å². The van der Waals surface area contributed by atoms with E-state index in [0.29, 0.717) is 24.6 Å². The van der Waals surface area contributed by atoms with Crippen LogP contribution in [-0.4, -0.2) is 45.7 Å². The highest BCUT2D eigenvalue weighted by molar-refractivity contribution is 6.27. The first kappa shape index (κ1) is 17.1. The summed E-state index contributed by atoms with van der Waals surface area (Å²) in [7, 11) is 0. The molecule has 2 atom stereocenters. The molecule has 1 aromatic rings. The summed E-state index contributed by atoms with van der Waals surface area (Å²) in [5.74, 6) is -0.276. The molecule has 2 rings (SSSR count). The molecular weight excluding hydrogens is 323 g/mol. The summed E-state index contributed by atoms with van der Waals surface area (Å²) in [5.41, 5.74) is 0.293. The average molecular weight is 340 g/mol. The van der Waals surface area contributed by atoms with Gasteiger partial charge in [0.2, 0.25) is 5.91 Å². The fraction of sp³-hybridized carbons (Fsp3) is 0.692. The lowest BCUT2D eigenvalue weighted by atomic mass is 10.0. The zero-order valence-electron chi connectivity index (χ0n) is 12.0. The maximum atomic E-state index is 12.5. The summed E-state index contributed by atoms with van der Waals surface area (Å²) in [4.78, 5) is 13.3. The second-order valence-electron chi connectivity index (χ2n) is 5.34. The second kappa shape index (κ2) is 6.87. The first-order chi connectivity index (χ1) is 10.3. The zero-order valence-corrected chi connectivity index (χ0v) is 12.8. The van der Waals surface area contributed by atoms with Gasteiger partial charge in [-0.15, -0.1) is 24.8 Å². The standard InChI is InChI=1S/C13H17ClF3N3O2/c1-9-2-3-22-11(9)8-19(12(21)4-14)6-10-5-18-20(7-10)13(15,16)17/h5,7,9,11H,2-4,6,8H2,1H3/t9-,11-/m1/s1. The molecular formula is C13H17ClF3N3O2. The molecule has 1 amide bonds. The van der Waals surface area contributed by atoms with Crippen molar-refractivity contribution in [3.8, 4) is 0 Å². The van der Waals surface area contributed by atoms with Crippen LogP contribution in [0.3, 0.4) is 0 Å². The number of alkyl halides is 4. The average Bonchev–Trinajstić information content (AvgIpc) is 3.06. The smallest absolute Gasteiger partial charge is 0.376 e. The highest BCUT2D eigenvalue weighted by Crippen LogP contribution is 2.23. The number of hydrogen-bond acceptors (Lipinski definition) is 3.